The van der Waals surface area contributed by atoms with Crippen LogP contribution in [-0.4, -0.2) is 113 Å². The number of amides is 3. The number of imide groups is 1. The summed E-state index contributed by atoms with van der Waals surface area (Å²) < 4.78 is 40.8. The summed E-state index contributed by atoms with van der Waals surface area (Å²) in [6, 6.07) is 6.51. The molecule has 1 atom stereocenters. The molecule has 7 heterocycles. The van der Waals surface area contributed by atoms with Crippen molar-refractivity contribution in [3.8, 4) is 11.8 Å². The third-order valence-corrected chi connectivity index (χ3v) is 13.6. The summed E-state index contributed by atoms with van der Waals surface area (Å²) in [6.07, 6.45) is 7.67. The number of likely N-dealkylation sites (tertiary alicyclic amines) is 1. The number of para-hydroxylation sites is 1. The van der Waals surface area contributed by atoms with Crippen molar-refractivity contribution in [1.82, 2.24) is 43.7 Å². The second-order valence-corrected chi connectivity index (χ2v) is 17.7. The average Bonchev–Trinajstić information content (AvgIpc) is 3.98. The number of hydrogen-bond acceptors (Lipinski definition) is 11. The van der Waals surface area contributed by atoms with Gasteiger partial charge in [-0.2, -0.15) is 22.0 Å². The first-order valence-electron chi connectivity index (χ1n) is 21.3. The van der Waals surface area contributed by atoms with Crippen molar-refractivity contribution in [2.45, 2.75) is 76.0 Å². The largest absolute Gasteiger partial charge is 0.365 e. The number of carbonyl (C=O) groups is 3. The summed E-state index contributed by atoms with van der Waals surface area (Å²) in [6.45, 7) is 4.75. The fraction of sp³-hybridized carbons (Fsp3) is 0.512. The van der Waals surface area contributed by atoms with Crippen LogP contribution in [0.3, 0.4) is 0 Å². The number of carbonyl (C=O) groups excluding carboxylic acids is 3. The van der Waals surface area contributed by atoms with Gasteiger partial charge < -0.3 is 19.9 Å². The number of halogens is 2. The third-order valence-electron chi connectivity index (χ3n) is 12.6. The lowest BCUT2D eigenvalue weighted by Gasteiger charge is -2.36. The van der Waals surface area contributed by atoms with E-state index in [0.29, 0.717) is 28.2 Å². The highest BCUT2D eigenvalue weighted by Crippen LogP contribution is 2.36. The standard InChI is InChI=1S/C43H49F2N11O5S/c1-51-38-28(4-2-6-33(38)56(43(51)60)34-11-12-36(57)49-42(34)59)5-3-21-61-30-13-16-52(17-14-30)25-27-7-9-29(10-8-27)55-26-32(37(50-55)39(44)45)47-41(58)31-24-46-54-18-15-35(48-40(31)54)53-19-22-62-23-20-53/h2,4,6,15,18,24,26-27,29-30,34,39H,7-14,16-17,19-23,25H2,1H3,(H,47,58)(H,49,57,59)/t27-,29-,34?. The third kappa shape index (κ3) is 8.59. The smallest absolute Gasteiger partial charge is 0.329 e. The number of rotatable bonds is 10. The van der Waals surface area contributed by atoms with Crippen LogP contribution in [0.4, 0.5) is 20.3 Å². The van der Waals surface area contributed by atoms with Gasteiger partial charge in [0.1, 0.15) is 24.0 Å². The van der Waals surface area contributed by atoms with Crippen molar-refractivity contribution in [1.29, 1.82) is 0 Å². The molecular weight excluding hydrogens is 821 g/mol. The van der Waals surface area contributed by atoms with Gasteiger partial charge in [-0.1, -0.05) is 17.9 Å². The van der Waals surface area contributed by atoms with Gasteiger partial charge in [0, 0.05) is 70.1 Å². The zero-order chi connectivity index (χ0) is 42.9. The van der Waals surface area contributed by atoms with Gasteiger partial charge in [0.2, 0.25) is 11.8 Å². The highest BCUT2D eigenvalue weighted by Gasteiger charge is 2.32. The van der Waals surface area contributed by atoms with E-state index in [1.165, 1.54) is 19.8 Å². The monoisotopic (exact) mass is 869 g/mol. The average molecular weight is 870 g/mol. The molecule has 4 aliphatic rings. The summed E-state index contributed by atoms with van der Waals surface area (Å²) in [7, 11) is 1.66. The van der Waals surface area contributed by atoms with Crippen molar-refractivity contribution in [3.63, 3.8) is 0 Å². The Balaban J connectivity index is 0.748. The van der Waals surface area contributed by atoms with E-state index in [4.69, 9.17) is 9.72 Å². The topological polar surface area (TPSA) is 166 Å². The molecule has 5 aromatic rings. The fourth-order valence-electron chi connectivity index (χ4n) is 9.30. The molecule has 3 aliphatic heterocycles. The highest BCUT2D eigenvalue weighted by molar-refractivity contribution is 7.99. The van der Waals surface area contributed by atoms with Crippen LogP contribution in [0.5, 0.6) is 0 Å². The van der Waals surface area contributed by atoms with Gasteiger partial charge >= 0.3 is 5.69 Å². The molecule has 1 aliphatic carbocycles. The Morgan fingerprint density at radius 3 is 2.58 bits per heavy atom. The molecule has 2 N–H and O–H groups in total. The van der Waals surface area contributed by atoms with Crippen LogP contribution in [0, 0.1) is 17.8 Å². The number of anilines is 2. The first kappa shape index (κ1) is 41.8. The van der Waals surface area contributed by atoms with E-state index < -0.39 is 30.0 Å². The quantitative estimate of drug-likeness (QED) is 0.149. The van der Waals surface area contributed by atoms with E-state index in [2.05, 4.69) is 42.5 Å². The van der Waals surface area contributed by atoms with Crippen molar-refractivity contribution < 1.29 is 27.9 Å². The maximum absolute atomic E-state index is 14.3. The molecule has 4 fully saturated rings. The summed E-state index contributed by atoms with van der Waals surface area (Å²) in [5, 5.41) is 13.6. The lowest BCUT2D eigenvalue weighted by Crippen LogP contribution is -2.44. The van der Waals surface area contributed by atoms with Crippen molar-refractivity contribution >= 4 is 57.7 Å². The summed E-state index contributed by atoms with van der Waals surface area (Å²) >= 11 is 1.89. The number of hydrogen-bond donors (Lipinski definition) is 2. The molecule has 4 aromatic heterocycles. The molecular formula is C43H49F2N11O5S. The van der Waals surface area contributed by atoms with E-state index in [-0.39, 0.29) is 54.4 Å². The first-order valence-corrected chi connectivity index (χ1v) is 22.5. The number of alkyl halides is 2. The van der Waals surface area contributed by atoms with E-state index in [0.717, 1.165) is 88.6 Å². The fourth-order valence-corrected chi connectivity index (χ4v) is 10.2. The lowest BCUT2D eigenvalue weighted by molar-refractivity contribution is -0.135. The molecule has 62 heavy (non-hydrogen) atoms. The van der Waals surface area contributed by atoms with Gasteiger partial charge in [-0.3, -0.25) is 33.5 Å². The number of imidazole rings is 1. The zero-order valence-corrected chi connectivity index (χ0v) is 35.3. The highest BCUT2D eigenvalue weighted by atomic mass is 32.2. The van der Waals surface area contributed by atoms with E-state index in [9.17, 15) is 28.0 Å². The lowest BCUT2D eigenvalue weighted by atomic mass is 9.85. The number of piperidine rings is 2. The molecule has 3 saturated heterocycles. The Bertz CT molecular complexity index is 2610. The van der Waals surface area contributed by atoms with Crippen LogP contribution < -0.4 is 21.2 Å². The van der Waals surface area contributed by atoms with Gasteiger partial charge in [0.25, 0.3) is 12.3 Å². The summed E-state index contributed by atoms with van der Waals surface area (Å²) in [5.74, 6) is 8.15. The maximum Gasteiger partial charge on any atom is 0.329 e. The Morgan fingerprint density at radius 2 is 1.82 bits per heavy atom. The normalized spacial score (nSPS) is 21.7. The number of ether oxygens (including phenoxy) is 1. The van der Waals surface area contributed by atoms with Crippen LogP contribution in [0.15, 0.2) is 47.7 Å². The summed E-state index contributed by atoms with van der Waals surface area (Å²) in [5.41, 5.74) is 1.68. The minimum absolute atomic E-state index is 0.00204. The van der Waals surface area contributed by atoms with E-state index >= 15 is 0 Å². The SMILES string of the molecule is Cn1c(=O)n(C2CCC(=O)NC2=O)c2cccc(C#CCOC3CCN(C[C@H]4CC[C@H](n5cc(NC(=O)c6cnn7ccc(N8CCSCC8)nc67)c(C(F)F)n5)CC4)CC3)c21. The zero-order valence-electron chi connectivity index (χ0n) is 34.5. The Morgan fingerprint density at radius 1 is 1.03 bits per heavy atom. The molecule has 16 nitrogen and oxygen atoms in total. The summed E-state index contributed by atoms with van der Waals surface area (Å²) in [4.78, 5) is 60.4. The molecule has 9 rings (SSSR count). The van der Waals surface area contributed by atoms with Crippen molar-refractivity contribution in [2.24, 2.45) is 13.0 Å². The number of benzene rings is 1. The van der Waals surface area contributed by atoms with Crippen LogP contribution in [0.25, 0.3) is 16.7 Å². The van der Waals surface area contributed by atoms with Gasteiger partial charge in [0.15, 0.2) is 11.3 Å². The minimum atomic E-state index is -2.86. The van der Waals surface area contributed by atoms with E-state index in [1.807, 2.05) is 30.0 Å². The predicted molar refractivity (Wildman–Crippen MR) is 230 cm³/mol. The van der Waals surface area contributed by atoms with Gasteiger partial charge in [0.05, 0.1) is 40.6 Å². The maximum atomic E-state index is 14.3. The molecule has 19 heteroatoms. The van der Waals surface area contributed by atoms with Crippen LogP contribution in [0.1, 0.15) is 91.5 Å². The second kappa shape index (κ2) is 18.0. The molecule has 3 amide bonds. The molecule has 0 spiro atoms. The van der Waals surface area contributed by atoms with Crippen molar-refractivity contribution in [2.75, 3.05) is 61.1 Å². The molecule has 1 saturated carbocycles. The Hall–Kier alpha value is -5.58. The van der Waals surface area contributed by atoms with E-state index in [1.54, 1.807) is 30.2 Å². The molecule has 1 aromatic carbocycles. The number of fused-ring (bicyclic) bond motifs is 2. The Labute approximate surface area is 360 Å². The second-order valence-electron chi connectivity index (χ2n) is 16.5. The molecule has 1 unspecified atom stereocenters. The first-order chi connectivity index (χ1) is 30.1. The van der Waals surface area contributed by atoms with Crippen LogP contribution in [0.2, 0.25) is 0 Å². The number of nitrogens with zero attached hydrogens (tertiary/aromatic N) is 9. The number of aryl methyl sites for hydroxylation is 1. The molecule has 326 valence electrons. The number of nitrogens with one attached hydrogen (secondary N) is 2. The van der Waals surface area contributed by atoms with Crippen LogP contribution in [-0.2, 0) is 21.4 Å². The number of aromatic nitrogens is 7. The molecule has 0 bridgehead atoms. The van der Waals surface area contributed by atoms with Crippen molar-refractivity contribution in [3.05, 3.63) is 70.2 Å². The van der Waals surface area contributed by atoms with Gasteiger partial charge in [-0.05, 0) is 69.1 Å². The van der Waals surface area contributed by atoms with Gasteiger partial charge in [-0.15, -0.1) is 0 Å². The Kier molecular flexibility index (Phi) is 12.1. The predicted octanol–water partition coefficient (Wildman–Crippen LogP) is 4.56. The number of thioether (sulfide) groups is 1. The van der Waals surface area contributed by atoms with Crippen LogP contribution >= 0.6 is 11.8 Å². The molecule has 0 radical (unpaired) electrons. The van der Waals surface area contributed by atoms with Gasteiger partial charge in [-0.25, -0.2) is 23.1 Å². The minimum Gasteiger partial charge on any atom is -0.365 e.